The van der Waals surface area contributed by atoms with Gasteiger partial charge in [-0.1, -0.05) is 27.2 Å². The highest BCUT2D eigenvalue weighted by molar-refractivity contribution is 5.66. The summed E-state index contributed by atoms with van der Waals surface area (Å²) >= 11 is 0. The molecule has 0 spiro atoms. The van der Waals surface area contributed by atoms with Gasteiger partial charge in [0.2, 0.25) is 0 Å². The monoisotopic (exact) mass is 186 g/mol. The van der Waals surface area contributed by atoms with Crippen molar-refractivity contribution in [2.75, 3.05) is 0 Å². The smallest absolute Gasteiger partial charge is 0.303 e. The van der Waals surface area contributed by atoms with Gasteiger partial charge in [0.1, 0.15) is 0 Å². The van der Waals surface area contributed by atoms with Crippen molar-refractivity contribution >= 4 is 5.97 Å². The van der Waals surface area contributed by atoms with E-state index in [0.29, 0.717) is 11.8 Å². The van der Waals surface area contributed by atoms with Gasteiger partial charge in [0.05, 0.1) is 0 Å². The fourth-order valence-electron chi connectivity index (χ4n) is 0.932. The van der Waals surface area contributed by atoms with Crippen LogP contribution in [0.5, 0.6) is 0 Å². The van der Waals surface area contributed by atoms with Crippen molar-refractivity contribution in [1.29, 1.82) is 0 Å². The molecule has 0 saturated heterocycles. The Morgan fingerprint density at radius 3 is 2.00 bits per heavy atom. The zero-order valence-electron chi connectivity index (χ0n) is 9.10. The van der Waals surface area contributed by atoms with Gasteiger partial charge >= 0.3 is 5.97 Å². The van der Waals surface area contributed by atoms with Gasteiger partial charge in [-0.3, -0.25) is 4.79 Å². The van der Waals surface area contributed by atoms with Crippen LogP contribution < -0.4 is 0 Å². The summed E-state index contributed by atoms with van der Waals surface area (Å²) in [6.45, 7) is 12.5. The van der Waals surface area contributed by atoms with E-state index in [1.54, 1.807) is 0 Å². The van der Waals surface area contributed by atoms with Gasteiger partial charge in [0.15, 0.2) is 0 Å². The maximum atomic E-state index is 10.1. The lowest BCUT2D eigenvalue weighted by Crippen LogP contribution is -2.04. The first-order valence-corrected chi connectivity index (χ1v) is 4.63. The van der Waals surface area contributed by atoms with Crippen LogP contribution in [-0.4, -0.2) is 11.1 Å². The first kappa shape index (κ1) is 14.7. The second-order valence-electron chi connectivity index (χ2n) is 4.16. The molecule has 0 heterocycles. The molecule has 0 radical (unpaired) electrons. The Balaban J connectivity index is 0. The molecule has 0 fully saturated rings. The van der Waals surface area contributed by atoms with E-state index in [9.17, 15) is 4.79 Å². The van der Waals surface area contributed by atoms with Crippen molar-refractivity contribution in [2.45, 2.75) is 46.5 Å². The van der Waals surface area contributed by atoms with Crippen LogP contribution in [0.3, 0.4) is 0 Å². The topological polar surface area (TPSA) is 37.3 Å². The lowest BCUT2D eigenvalue weighted by molar-refractivity contribution is -0.137. The van der Waals surface area contributed by atoms with Gasteiger partial charge in [-0.25, -0.2) is 0 Å². The number of hydrogen-bond donors (Lipinski definition) is 1. The molecule has 0 unspecified atom stereocenters. The normalized spacial score (nSPS) is 10.1. The standard InChI is InChI=1S/C9H18O2.C2H4/c1-9(2,3)7-5-4-6-8(10)11;1-2/h4-7H2,1-3H3,(H,10,11);1-2H2. The lowest BCUT2D eigenvalue weighted by Gasteiger charge is -2.16. The summed E-state index contributed by atoms with van der Waals surface area (Å²) in [5.41, 5.74) is 0.346. The van der Waals surface area contributed by atoms with Crippen LogP contribution >= 0.6 is 0 Å². The zero-order chi connectivity index (χ0) is 10.9. The number of rotatable bonds is 4. The van der Waals surface area contributed by atoms with Crippen LogP contribution in [0.4, 0.5) is 0 Å². The third kappa shape index (κ3) is 18.3. The summed E-state index contributed by atoms with van der Waals surface area (Å²) in [4.78, 5) is 10.1. The molecule has 0 atom stereocenters. The van der Waals surface area contributed by atoms with E-state index < -0.39 is 5.97 Å². The summed E-state index contributed by atoms with van der Waals surface area (Å²) in [6.07, 6.45) is 3.26. The second kappa shape index (κ2) is 7.84. The molecule has 2 heteroatoms. The minimum Gasteiger partial charge on any atom is -0.481 e. The van der Waals surface area contributed by atoms with Crippen LogP contribution in [0.15, 0.2) is 13.2 Å². The Labute approximate surface area is 81.7 Å². The highest BCUT2D eigenvalue weighted by Crippen LogP contribution is 2.21. The van der Waals surface area contributed by atoms with E-state index in [0.717, 1.165) is 19.3 Å². The van der Waals surface area contributed by atoms with E-state index in [1.807, 2.05) is 0 Å². The fraction of sp³-hybridized carbons (Fsp3) is 0.727. The van der Waals surface area contributed by atoms with E-state index in [2.05, 4.69) is 33.9 Å². The number of carboxylic acids is 1. The van der Waals surface area contributed by atoms with Gasteiger partial charge in [-0.05, 0) is 18.3 Å². The van der Waals surface area contributed by atoms with Crippen molar-refractivity contribution in [2.24, 2.45) is 5.41 Å². The molecule has 2 nitrogen and oxygen atoms in total. The van der Waals surface area contributed by atoms with Crippen LogP contribution in [0.1, 0.15) is 46.5 Å². The molecule has 0 aromatic rings. The average molecular weight is 186 g/mol. The number of carboxylic acid groups (broad SMARTS) is 1. The first-order chi connectivity index (χ1) is 5.92. The molecule has 0 aliphatic carbocycles. The third-order valence-corrected chi connectivity index (χ3v) is 1.57. The van der Waals surface area contributed by atoms with Gasteiger partial charge in [-0.15, -0.1) is 13.2 Å². The Morgan fingerprint density at radius 1 is 1.23 bits per heavy atom. The van der Waals surface area contributed by atoms with E-state index in [1.165, 1.54) is 0 Å². The molecule has 0 aromatic carbocycles. The maximum Gasteiger partial charge on any atom is 0.303 e. The summed E-state index contributed by atoms with van der Waals surface area (Å²) in [6, 6.07) is 0. The number of hydrogen-bond acceptors (Lipinski definition) is 1. The summed E-state index contributed by atoms with van der Waals surface area (Å²) < 4.78 is 0. The number of unbranched alkanes of at least 4 members (excludes halogenated alkanes) is 1. The Hall–Kier alpha value is -0.790. The SMILES string of the molecule is C=C.CC(C)(C)CCCCC(=O)O. The maximum absolute atomic E-state index is 10.1. The average Bonchev–Trinajstić information content (AvgIpc) is 2.00. The molecule has 13 heavy (non-hydrogen) atoms. The molecule has 0 saturated carbocycles. The molecule has 0 aromatic heterocycles. The highest BCUT2D eigenvalue weighted by atomic mass is 16.4. The molecular formula is C11H22O2. The largest absolute Gasteiger partial charge is 0.481 e. The highest BCUT2D eigenvalue weighted by Gasteiger charge is 2.09. The van der Waals surface area contributed by atoms with Crippen LogP contribution in [-0.2, 0) is 4.79 Å². The molecular weight excluding hydrogens is 164 g/mol. The predicted octanol–water partition coefficient (Wildman–Crippen LogP) is 3.48. The molecule has 1 N–H and O–H groups in total. The van der Waals surface area contributed by atoms with Crippen molar-refractivity contribution in [3.05, 3.63) is 13.2 Å². The van der Waals surface area contributed by atoms with Crippen molar-refractivity contribution in [1.82, 2.24) is 0 Å². The zero-order valence-corrected chi connectivity index (χ0v) is 9.10. The fourth-order valence-corrected chi connectivity index (χ4v) is 0.932. The van der Waals surface area contributed by atoms with Gasteiger partial charge in [0.25, 0.3) is 0 Å². The molecule has 0 aliphatic rings. The lowest BCUT2D eigenvalue weighted by atomic mass is 9.89. The second-order valence-corrected chi connectivity index (χ2v) is 4.16. The van der Waals surface area contributed by atoms with Gasteiger partial charge < -0.3 is 5.11 Å². The minimum absolute atomic E-state index is 0.316. The first-order valence-electron chi connectivity index (χ1n) is 4.63. The van der Waals surface area contributed by atoms with Crippen LogP contribution in [0.25, 0.3) is 0 Å². The minimum atomic E-state index is -0.682. The number of aliphatic carboxylic acids is 1. The molecule has 0 aliphatic heterocycles. The van der Waals surface area contributed by atoms with Crippen molar-refractivity contribution in [3.8, 4) is 0 Å². The Bertz CT molecular complexity index is 134. The van der Waals surface area contributed by atoms with Crippen molar-refractivity contribution < 1.29 is 9.90 Å². The quantitative estimate of drug-likeness (QED) is 0.539. The van der Waals surface area contributed by atoms with Crippen LogP contribution in [0, 0.1) is 5.41 Å². The number of carbonyl (C=O) groups is 1. The van der Waals surface area contributed by atoms with E-state index >= 15 is 0 Å². The van der Waals surface area contributed by atoms with E-state index in [-0.39, 0.29) is 0 Å². The third-order valence-electron chi connectivity index (χ3n) is 1.57. The summed E-state index contributed by atoms with van der Waals surface area (Å²) in [5, 5.41) is 8.34. The summed E-state index contributed by atoms with van der Waals surface area (Å²) in [7, 11) is 0. The van der Waals surface area contributed by atoms with E-state index in [4.69, 9.17) is 5.11 Å². The Kier molecular flexibility index (Phi) is 8.87. The van der Waals surface area contributed by atoms with Gasteiger partial charge in [-0.2, -0.15) is 0 Å². The molecule has 78 valence electrons. The van der Waals surface area contributed by atoms with Crippen molar-refractivity contribution in [3.63, 3.8) is 0 Å². The summed E-state index contributed by atoms with van der Waals surface area (Å²) in [5.74, 6) is -0.682. The van der Waals surface area contributed by atoms with Gasteiger partial charge in [0, 0.05) is 6.42 Å². The molecule has 0 rings (SSSR count). The van der Waals surface area contributed by atoms with Crippen LogP contribution in [0.2, 0.25) is 0 Å². The Morgan fingerprint density at radius 2 is 1.69 bits per heavy atom. The molecule has 0 bridgehead atoms. The predicted molar refractivity (Wildman–Crippen MR) is 56.8 cm³/mol. The molecule has 0 amide bonds.